The van der Waals surface area contributed by atoms with Crippen LogP contribution in [0.25, 0.3) is 0 Å². The molecule has 3 rings (SSSR count). The Bertz CT molecular complexity index is 1300. The van der Waals surface area contributed by atoms with Gasteiger partial charge in [0.1, 0.15) is 37.1 Å². The molecule has 2 saturated carbocycles. The number of alkyl halides is 2. The van der Waals surface area contributed by atoms with E-state index in [-0.39, 0.29) is 38.6 Å². The zero-order valence-corrected chi connectivity index (χ0v) is 29.5. The van der Waals surface area contributed by atoms with Crippen molar-refractivity contribution in [2.24, 2.45) is 33.7 Å². The highest BCUT2D eigenvalue weighted by Crippen LogP contribution is 2.63. The lowest BCUT2D eigenvalue weighted by atomic mass is 9.53. The molecule has 0 aromatic carbocycles. The van der Waals surface area contributed by atoms with Crippen molar-refractivity contribution in [1.82, 2.24) is 5.32 Å². The van der Waals surface area contributed by atoms with Gasteiger partial charge in [-0.15, -0.1) is 4.91 Å². The number of aliphatic hydroxyl groups is 1. The number of fused-ring (bicyclic) bond motifs is 3. The summed E-state index contributed by atoms with van der Waals surface area (Å²) in [6.07, 6.45) is 3.71. The summed E-state index contributed by atoms with van der Waals surface area (Å²) in [6, 6.07) is -2.68. The van der Waals surface area contributed by atoms with Gasteiger partial charge >= 0.3 is 11.9 Å². The zero-order valence-electron chi connectivity index (χ0n) is 29.5. The normalized spacial score (nSPS) is 31.2. The van der Waals surface area contributed by atoms with Crippen LogP contribution in [0.2, 0.25) is 0 Å². The molecule has 0 heterocycles. The van der Waals surface area contributed by atoms with E-state index in [1.54, 1.807) is 45.9 Å². The highest BCUT2D eigenvalue weighted by atomic mass is 19.1. The Kier molecular flexibility index (Phi) is 16.5. The first-order chi connectivity index (χ1) is 23.5. The van der Waals surface area contributed by atoms with Crippen molar-refractivity contribution in [3.05, 3.63) is 45.8 Å². The largest absolute Gasteiger partial charge is 0.464 e. The van der Waals surface area contributed by atoms with Crippen molar-refractivity contribution in [2.75, 3.05) is 19.8 Å². The molecule has 0 aliphatic heterocycles. The molecule has 15 heteroatoms. The van der Waals surface area contributed by atoms with Crippen molar-refractivity contribution >= 4 is 23.6 Å². The van der Waals surface area contributed by atoms with Crippen molar-refractivity contribution in [1.29, 1.82) is 0 Å². The fourth-order valence-corrected chi connectivity index (χ4v) is 7.41. The van der Waals surface area contributed by atoms with E-state index in [4.69, 9.17) is 14.6 Å². The molecule has 0 aromatic rings. The van der Waals surface area contributed by atoms with Gasteiger partial charge in [0.2, 0.25) is 5.91 Å². The number of carbonyl (C=O) groups excluding carboxylic acids is 4. The first-order valence-corrected chi connectivity index (χ1v) is 16.9. The van der Waals surface area contributed by atoms with Crippen LogP contribution in [0.1, 0.15) is 86.0 Å². The number of Topliss-reactive ketones (excluding diaryl/α,β-unsaturated/α-hetero) is 1. The first kappa shape index (κ1) is 42.3. The average Bonchev–Trinajstić information content (AvgIpc) is 3.37. The van der Waals surface area contributed by atoms with Crippen molar-refractivity contribution in [3.8, 4) is 0 Å². The van der Waals surface area contributed by atoms with Crippen molar-refractivity contribution in [3.63, 3.8) is 0 Å². The third kappa shape index (κ3) is 11.6. The number of nitroso groups, excluding NO2 is 1. The number of hydrogen-bond donors (Lipinski definition) is 2. The van der Waals surface area contributed by atoms with Crippen LogP contribution >= 0.6 is 0 Å². The fraction of sp³-hybridized carbons (Fsp3) is 0.714. The van der Waals surface area contributed by atoms with Gasteiger partial charge in [-0.3, -0.25) is 14.4 Å². The van der Waals surface area contributed by atoms with Gasteiger partial charge in [-0.1, -0.05) is 36.9 Å². The molecule has 3 aliphatic rings. The van der Waals surface area contributed by atoms with E-state index in [1.807, 2.05) is 0 Å². The number of esters is 2. The molecule has 8 atom stereocenters. The predicted octanol–water partition coefficient (Wildman–Crippen LogP) is 5.49. The summed E-state index contributed by atoms with van der Waals surface area (Å²) in [7, 11) is 0. The van der Waals surface area contributed by atoms with Gasteiger partial charge in [0.05, 0.1) is 13.0 Å². The number of nitrogens with one attached hydrogen (secondary N) is 1. The van der Waals surface area contributed by atoms with Gasteiger partial charge in [-0.25, -0.2) is 13.6 Å². The van der Waals surface area contributed by atoms with Gasteiger partial charge < -0.3 is 24.7 Å². The van der Waals surface area contributed by atoms with Crippen molar-refractivity contribution < 1.29 is 47.4 Å². The van der Waals surface area contributed by atoms with Crippen molar-refractivity contribution in [2.45, 2.75) is 116 Å². The molecule has 3 unspecified atom stereocenters. The van der Waals surface area contributed by atoms with Crippen LogP contribution in [0.5, 0.6) is 0 Å². The van der Waals surface area contributed by atoms with Crippen LogP contribution in [0.15, 0.2) is 46.5 Å². The number of ether oxygens (including phenoxy) is 2. The minimum atomic E-state index is -2.11. The molecule has 0 radical (unpaired) electrons. The third-order valence-corrected chi connectivity index (χ3v) is 9.68. The van der Waals surface area contributed by atoms with E-state index in [0.29, 0.717) is 36.8 Å². The topological polar surface area (TPSA) is 187 Å². The Labute approximate surface area is 291 Å². The van der Waals surface area contributed by atoms with Gasteiger partial charge in [0.25, 0.3) is 0 Å². The molecule has 3 aliphatic carbocycles. The monoisotopic (exact) mass is 711 g/mol. The summed E-state index contributed by atoms with van der Waals surface area (Å²) in [5.74, 6) is -4.87. The third-order valence-electron chi connectivity index (χ3n) is 9.68. The van der Waals surface area contributed by atoms with E-state index >= 15 is 8.78 Å². The maximum Gasteiger partial charge on any atom is 0.329 e. The molecular weight excluding hydrogens is 660 g/mol. The highest BCUT2D eigenvalue weighted by Gasteiger charge is 2.65. The minimum Gasteiger partial charge on any atom is -0.464 e. The summed E-state index contributed by atoms with van der Waals surface area (Å²) in [5.41, 5.74) is -2.09. The second kappa shape index (κ2) is 19.5. The summed E-state index contributed by atoms with van der Waals surface area (Å²) < 4.78 is 42.7. The second-order valence-electron chi connectivity index (χ2n) is 13.8. The van der Waals surface area contributed by atoms with E-state index in [0.717, 1.165) is 6.92 Å². The van der Waals surface area contributed by atoms with Gasteiger partial charge in [-0.2, -0.15) is 4.91 Å². The molecular formula is C35H51F2N3O10. The van der Waals surface area contributed by atoms with Crippen LogP contribution < -0.4 is 5.32 Å². The van der Waals surface area contributed by atoms with Crippen LogP contribution in [-0.2, 0) is 33.5 Å². The SMILES string of the molecule is C=C1/C=C\C[C@@]2(F)[C@@H](N=O)C[C@]3(C)C(C(=O)COC(=O)CC(NC(C)=O)C(=O)OCCCCON=O)CCC3[C@@H]2C[C@H](F)/C(C)=C/1.CC(C)O. The fourth-order valence-electron chi connectivity index (χ4n) is 7.41. The number of nitrogens with zero attached hydrogens (tertiary/aromatic N) is 2. The Morgan fingerprint density at radius 3 is 2.40 bits per heavy atom. The van der Waals surface area contributed by atoms with Crippen LogP contribution in [0.4, 0.5) is 8.78 Å². The molecule has 1 amide bonds. The van der Waals surface area contributed by atoms with Gasteiger partial charge in [0.15, 0.2) is 11.1 Å². The number of amides is 1. The van der Waals surface area contributed by atoms with Gasteiger partial charge in [-0.05, 0) is 81.8 Å². The lowest BCUT2D eigenvalue weighted by molar-refractivity contribution is -0.156. The molecule has 0 spiro atoms. The smallest absolute Gasteiger partial charge is 0.329 e. The summed E-state index contributed by atoms with van der Waals surface area (Å²) in [4.78, 5) is 76.6. The molecule has 2 N–H and O–H groups in total. The first-order valence-electron chi connectivity index (χ1n) is 16.9. The molecule has 13 nitrogen and oxygen atoms in total. The Morgan fingerprint density at radius 2 is 1.78 bits per heavy atom. The molecule has 50 heavy (non-hydrogen) atoms. The number of unbranched alkanes of at least 4 members (excludes halogenated alkanes) is 1. The predicted molar refractivity (Wildman–Crippen MR) is 179 cm³/mol. The molecule has 2 fully saturated rings. The maximum atomic E-state index is 16.9. The van der Waals surface area contributed by atoms with Gasteiger partial charge in [0, 0.05) is 31.3 Å². The van der Waals surface area contributed by atoms with E-state index in [1.165, 1.54) is 0 Å². The van der Waals surface area contributed by atoms with Crippen LogP contribution in [0, 0.1) is 33.0 Å². The second-order valence-corrected chi connectivity index (χ2v) is 13.8. The van der Waals surface area contributed by atoms with E-state index in [2.05, 4.69) is 27.3 Å². The molecule has 280 valence electrons. The summed E-state index contributed by atoms with van der Waals surface area (Å²) in [6.45, 7) is 11.2. The van der Waals surface area contributed by atoms with Crippen LogP contribution in [0.3, 0.4) is 0 Å². The number of aliphatic hydroxyl groups excluding tert-OH is 1. The minimum absolute atomic E-state index is 0.0205. The Hall–Kier alpha value is -3.88. The highest BCUT2D eigenvalue weighted by molar-refractivity contribution is 5.89. The molecule has 0 saturated heterocycles. The van der Waals surface area contributed by atoms with Crippen LogP contribution in [-0.4, -0.2) is 78.6 Å². The standard InChI is InChI=1S/C32H43F2N3O9.C3H8O/c1-19-8-7-11-32(34)24(15-25(33)20(2)14-19)22-9-10-23(31(22,4)17-28(32)36-42)27(39)18-45-29(40)16-26(35-21(3)38)30(41)44-12-5-6-13-46-37-43;1-3(2)4/h7-8,14,22-26,28H,1,5-6,9-13,15-18H2,2-4H3,(H,35,38);3-4H,1-2H3/b8-7-,20-14+;/t22?,23?,24-,25-,26?,28-,31-,32-;/m0./s1. The van der Waals surface area contributed by atoms with E-state index in [9.17, 15) is 29.0 Å². The lowest BCUT2D eigenvalue weighted by Crippen LogP contribution is -2.58. The zero-order chi connectivity index (χ0) is 37.6. The maximum absolute atomic E-state index is 16.9. The number of ketones is 1. The van der Waals surface area contributed by atoms with E-state index < -0.39 is 83.7 Å². The lowest BCUT2D eigenvalue weighted by Gasteiger charge is -2.53. The molecule has 0 aromatic heterocycles. The average molecular weight is 712 g/mol. The number of rotatable bonds is 14. The number of halogens is 2. The summed E-state index contributed by atoms with van der Waals surface area (Å²) in [5, 5.41) is 15.8. The number of allylic oxidation sites excluding steroid dienone is 5. The number of hydrogen-bond acceptors (Lipinski definition) is 12. The Balaban J connectivity index is 0.00000205. The Morgan fingerprint density at radius 1 is 1.12 bits per heavy atom. The molecule has 0 bridgehead atoms. The number of carbonyl (C=O) groups is 4. The quantitative estimate of drug-likeness (QED) is 0.101. The summed E-state index contributed by atoms with van der Waals surface area (Å²) >= 11 is 0.